The largest absolute Gasteiger partial charge is 0.497 e. The maximum Gasteiger partial charge on any atom is 0.118 e. The van der Waals surface area contributed by atoms with Gasteiger partial charge in [0.2, 0.25) is 0 Å². The summed E-state index contributed by atoms with van der Waals surface area (Å²) in [6.45, 7) is 0.864. The molecule has 0 spiro atoms. The van der Waals surface area contributed by atoms with Crippen LogP contribution in [0.3, 0.4) is 0 Å². The first-order chi connectivity index (χ1) is 9.86. The zero-order valence-electron chi connectivity index (χ0n) is 11.6. The molecule has 1 aliphatic rings. The third kappa shape index (κ3) is 2.99. The number of benzene rings is 1. The van der Waals surface area contributed by atoms with Gasteiger partial charge in [-0.2, -0.15) is 16.9 Å². The van der Waals surface area contributed by atoms with E-state index < -0.39 is 0 Å². The molecule has 2 aromatic rings. The molecular weight excluding hydrogens is 270 g/mol. The second-order valence-electron chi connectivity index (χ2n) is 4.94. The average Bonchev–Trinajstić information content (AvgIpc) is 3.16. The van der Waals surface area contributed by atoms with Crippen molar-refractivity contribution in [2.45, 2.75) is 19.0 Å². The fourth-order valence-corrected chi connectivity index (χ4v) is 3.59. The van der Waals surface area contributed by atoms with E-state index in [1.54, 1.807) is 7.11 Å². The van der Waals surface area contributed by atoms with Crippen molar-refractivity contribution in [2.24, 2.45) is 0 Å². The van der Waals surface area contributed by atoms with Gasteiger partial charge in [0.05, 0.1) is 19.0 Å². The van der Waals surface area contributed by atoms with Crippen molar-refractivity contribution in [1.29, 1.82) is 0 Å². The van der Waals surface area contributed by atoms with Gasteiger partial charge in [0.25, 0.3) is 0 Å². The van der Waals surface area contributed by atoms with E-state index >= 15 is 0 Å². The van der Waals surface area contributed by atoms with Crippen LogP contribution in [-0.4, -0.2) is 34.9 Å². The molecule has 1 fully saturated rings. The molecule has 1 aromatic heterocycles. The summed E-state index contributed by atoms with van der Waals surface area (Å²) in [4.78, 5) is 0. The van der Waals surface area contributed by atoms with Crippen molar-refractivity contribution in [3.63, 3.8) is 0 Å². The average molecular weight is 289 g/mol. The molecule has 1 atom stereocenters. The lowest BCUT2D eigenvalue weighted by molar-refractivity contribution is 0.415. The number of methoxy groups -OCH3 is 1. The van der Waals surface area contributed by atoms with Gasteiger partial charge in [0, 0.05) is 29.5 Å². The molecule has 3 rings (SSSR count). The maximum absolute atomic E-state index is 5.19. The van der Waals surface area contributed by atoms with Crippen LogP contribution in [0.15, 0.2) is 30.5 Å². The maximum atomic E-state index is 5.19. The van der Waals surface area contributed by atoms with E-state index in [1.165, 1.54) is 23.5 Å². The number of thioether (sulfide) groups is 1. The first-order valence-electron chi connectivity index (χ1n) is 6.84. The molecule has 2 N–H and O–H groups in total. The van der Waals surface area contributed by atoms with Gasteiger partial charge < -0.3 is 10.1 Å². The number of aromatic nitrogens is 2. The Labute approximate surface area is 123 Å². The van der Waals surface area contributed by atoms with E-state index in [4.69, 9.17) is 4.74 Å². The van der Waals surface area contributed by atoms with Crippen LogP contribution in [0.1, 0.15) is 12.0 Å². The lowest BCUT2D eigenvalue weighted by Crippen LogP contribution is -2.27. The molecule has 2 heterocycles. The summed E-state index contributed by atoms with van der Waals surface area (Å²) in [5.41, 5.74) is 3.44. The van der Waals surface area contributed by atoms with Crippen LogP contribution >= 0.6 is 11.8 Å². The predicted molar refractivity (Wildman–Crippen MR) is 83.1 cm³/mol. The fraction of sp³-hybridized carbons (Fsp3) is 0.400. The predicted octanol–water partition coefficient (Wildman–Crippen LogP) is 2.68. The molecule has 0 aliphatic carbocycles. The SMILES string of the molecule is COc1ccc(-c2[nH]ncc2CNC2CCSC2)cc1. The number of H-pyrrole nitrogens is 1. The third-order valence-corrected chi connectivity index (χ3v) is 4.77. The first-order valence-corrected chi connectivity index (χ1v) is 8.00. The van der Waals surface area contributed by atoms with Crippen LogP contribution in [0, 0.1) is 0 Å². The van der Waals surface area contributed by atoms with Gasteiger partial charge in [-0.15, -0.1) is 0 Å². The van der Waals surface area contributed by atoms with Crippen molar-refractivity contribution in [2.75, 3.05) is 18.6 Å². The van der Waals surface area contributed by atoms with Gasteiger partial charge in [-0.05, 0) is 36.4 Å². The highest BCUT2D eigenvalue weighted by atomic mass is 32.2. The van der Waals surface area contributed by atoms with Crippen LogP contribution in [0.25, 0.3) is 11.3 Å². The van der Waals surface area contributed by atoms with Crippen LogP contribution in [0.4, 0.5) is 0 Å². The Morgan fingerprint density at radius 2 is 2.25 bits per heavy atom. The van der Waals surface area contributed by atoms with Crippen molar-refractivity contribution in [3.8, 4) is 17.0 Å². The molecule has 0 amide bonds. The van der Waals surface area contributed by atoms with Crippen LogP contribution < -0.4 is 10.1 Å². The number of ether oxygens (including phenoxy) is 1. The zero-order valence-corrected chi connectivity index (χ0v) is 12.4. The second-order valence-corrected chi connectivity index (χ2v) is 6.09. The molecule has 1 saturated heterocycles. The van der Waals surface area contributed by atoms with Gasteiger partial charge in [0.15, 0.2) is 0 Å². The molecule has 5 heteroatoms. The van der Waals surface area contributed by atoms with Gasteiger partial charge >= 0.3 is 0 Å². The number of nitrogens with zero attached hydrogens (tertiary/aromatic N) is 1. The summed E-state index contributed by atoms with van der Waals surface area (Å²) in [5.74, 6) is 3.36. The molecule has 20 heavy (non-hydrogen) atoms. The normalized spacial score (nSPS) is 18.4. The summed E-state index contributed by atoms with van der Waals surface area (Å²) in [6.07, 6.45) is 3.18. The minimum atomic E-state index is 0.638. The lowest BCUT2D eigenvalue weighted by Gasteiger charge is -2.11. The topological polar surface area (TPSA) is 49.9 Å². The van der Waals surface area contributed by atoms with Crippen molar-refractivity contribution in [1.82, 2.24) is 15.5 Å². The molecule has 4 nitrogen and oxygen atoms in total. The van der Waals surface area contributed by atoms with E-state index in [-0.39, 0.29) is 0 Å². The molecule has 0 radical (unpaired) electrons. The Morgan fingerprint density at radius 3 is 2.95 bits per heavy atom. The van der Waals surface area contributed by atoms with E-state index in [2.05, 4.69) is 27.6 Å². The highest BCUT2D eigenvalue weighted by molar-refractivity contribution is 7.99. The second kappa shape index (κ2) is 6.33. The summed E-state index contributed by atoms with van der Waals surface area (Å²) < 4.78 is 5.19. The molecule has 0 bridgehead atoms. The Morgan fingerprint density at radius 1 is 1.40 bits per heavy atom. The van der Waals surface area contributed by atoms with E-state index in [9.17, 15) is 0 Å². The van der Waals surface area contributed by atoms with Gasteiger partial charge in [0.1, 0.15) is 5.75 Å². The van der Waals surface area contributed by atoms with Crippen molar-refractivity contribution >= 4 is 11.8 Å². The van der Waals surface area contributed by atoms with Gasteiger partial charge in [-0.3, -0.25) is 5.10 Å². The molecule has 106 valence electrons. The standard InChI is InChI=1S/C15H19N3OS/c1-19-14-4-2-11(3-5-14)15-12(9-17-18-15)8-16-13-6-7-20-10-13/h2-5,9,13,16H,6-8,10H2,1H3,(H,17,18). The van der Waals surface area contributed by atoms with Crippen molar-refractivity contribution in [3.05, 3.63) is 36.0 Å². The molecule has 0 saturated carbocycles. The Bertz CT molecular complexity index is 547. The quantitative estimate of drug-likeness (QED) is 0.888. The monoisotopic (exact) mass is 289 g/mol. The number of hydrogen-bond acceptors (Lipinski definition) is 4. The lowest BCUT2D eigenvalue weighted by atomic mass is 10.1. The molecule has 1 aromatic carbocycles. The highest BCUT2D eigenvalue weighted by Gasteiger charge is 2.16. The third-order valence-electron chi connectivity index (χ3n) is 3.61. The summed E-state index contributed by atoms with van der Waals surface area (Å²) in [6, 6.07) is 8.70. The summed E-state index contributed by atoms with van der Waals surface area (Å²) in [7, 11) is 1.68. The summed E-state index contributed by atoms with van der Waals surface area (Å²) in [5, 5.41) is 10.9. The molecule has 1 unspecified atom stereocenters. The van der Waals surface area contributed by atoms with E-state index in [0.29, 0.717) is 6.04 Å². The number of aromatic amines is 1. The Balaban J connectivity index is 1.71. The van der Waals surface area contributed by atoms with E-state index in [0.717, 1.165) is 23.6 Å². The van der Waals surface area contributed by atoms with Crippen LogP contribution in [0.5, 0.6) is 5.75 Å². The van der Waals surface area contributed by atoms with Gasteiger partial charge in [-0.25, -0.2) is 0 Å². The molecular formula is C15H19N3OS. The number of rotatable bonds is 5. The number of nitrogens with one attached hydrogen (secondary N) is 2. The minimum absolute atomic E-state index is 0.638. The smallest absolute Gasteiger partial charge is 0.118 e. The Kier molecular flexibility index (Phi) is 4.28. The highest BCUT2D eigenvalue weighted by Crippen LogP contribution is 2.24. The summed E-state index contributed by atoms with van der Waals surface area (Å²) >= 11 is 2.02. The first kappa shape index (κ1) is 13.5. The van der Waals surface area contributed by atoms with Crippen molar-refractivity contribution < 1.29 is 4.74 Å². The van der Waals surface area contributed by atoms with Crippen LogP contribution in [-0.2, 0) is 6.54 Å². The molecule has 1 aliphatic heterocycles. The fourth-order valence-electron chi connectivity index (χ4n) is 2.40. The van der Waals surface area contributed by atoms with Gasteiger partial charge in [-0.1, -0.05) is 0 Å². The minimum Gasteiger partial charge on any atom is -0.497 e. The number of hydrogen-bond donors (Lipinski definition) is 2. The Hall–Kier alpha value is -1.46. The van der Waals surface area contributed by atoms with Crippen LogP contribution in [0.2, 0.25) is 0 Å². The van der Waals surface area contributed by atoms with E-state index in [1.807, 2.05) is 30.1 Å². The zero-order chi connectivity index (χ0) is 13.8.